The lowest BCUT2D eigenvalue weighted by Gasteiger charge is -2.32. The van der Waals surface area contributed by atoms with Crippen LogP contribution in [0.2, 0.25) is 5.02 Å². The summed E-state index contributed by atoms with van der Waals surface area (Å²) >= 11 is 6.20. The van der Waals surface area contributed by atoms with Crippen molar-refractivity contribution >= 4 is 17.3 Å². The molecule has 3 aromatic rings. The predicted molar refractivity (Wildman–Crippen MR) is 107 cm³/mol. The quantitative estimate of drug-likeness (QED) is 0.631. The first kappa shape index (κ1) is 17.6. The number of nitrogens with zero attached hydrogens (tertiary/aromatic N) is 3. The summed E-state index contributed by atoms with van der Waals surface area (Å²) in [4.78, 5) is 6.98. The van der Waals surface area contributed by atoms with Gasteiger partial charge in [-0.2, -0.15) is 5.26 Å². The number of oxazole rings is 1. The van der Waals surface area contributed by atoms with Gasteiger partial charge in [0, 0.05) is 37.2 Å². The van der Waals surface area contributed by atoms with Gasteiger partial charge in [0.05, 0.1) is 16.3 Å². The number of likely N-dealkylation sites (N-methyl/N-ethyl adjacent to an activating group) is 1. The molecular formula is C22H20ClN3O. The monoisotopic (exact) mass is 377 g/mol. The molecule has 0 radical (unpaired) electrons. The second kappa shape index (κ2) is 7.09. The van der Waals surface area contributed by atoms with Crippen LogP contribution in [0.1, 0.15) is 29.0 Å². The highest BCUT2D eigenvalue weighted by atomic mass is 35.5. The maximum absolute atomic E-state index is 9.05. The minimum absolute atomic E-state index is 0.317. The average molecular weight is 378 g/mol. The van der Waals surface area contributed by atoms with Crippen LogP contribution < -0.4 is 4.90 Å². The molecule has 0 fully saturated rings. The predicted octanol–water partition coefficient (Wildman–Crippen LogP) is 5.17. The van der Waals surface area contributed by atoms with Gasteiger partial charge >= 0.3 is 0 Å². The smallest absolute Gasteiger partial charge is 0.226 e. The van der Waals surface area contributed by atoms with Crippen molar-refractivity contribution in [2.24, 2.45) is 0 Å². The first-order chi connectivity index (χ1) is 13.0. The van der Waals surface area contributed by atoms with E-state index in [4.69, 9.17) is 26.3 Å². The average Bonchev–Trinajstić information content (AvgIpc) is 3.11. The topological polar surface area (TPSA) is 53.1 Å². The zero-order chi connectivity index (χ0) is 19.0. The molecule has 0 unspecified atom stereocenters. The molecule has 0 N–H and O–H groups in total. The summed E-state index contributed by atoms with van der Waals surface area (Å²) < 4.78 is 6.03. The normalized spacial score (nSPS) is 15.9. The third-order valence-corrected chi connectivity index (χ3v) is 5.55. The van der Waals surface area contributed by atoms with E-state index in [1.54, 1.807) is 6.07 Å². The summed E-state index contributed by atoms with van der Waals surface area (Å²) in [6.07, 6.45) is 2.69. The summed E-state index contributed by atoms with van der Waals surface area (Å²) in [7, 11) is 2.06. The third-order valence-electron chi connectivity index (χ3n) is 5.24. The number of aromatic nitrogens is 1. The second-order valence-corrected chi connectivity index (χ2v) is 7.45. The van der Waals surface area contributed by atoms with E-state index in [9.17, 15) is 0 Å². The maximum Gasteiger partial charge on any atom is 0.226 e. The highest BCUT2D eigenvalue weighted by Gasteiger charge is 2.27. The summed E-state index contributed by atoms with van der Waals surface area (Å²) in [5, 5.41) is 9.54. The van der Waals surface area contributed by atoms with Crippen molar-refractivity contribution < 1.29 is 4.42 Å². The Bertz CT molecular complexity index is 1020. The van der Waals surface area contributed by atoms with E-state index in [0.29, 0.717) is 22.5 Å². The fourth-order valence-electron chi connectivity index (χ4n) is 3.54. The molecule has 136 valence electrons. The van der Waals surface area contributed by atoms with Crippen molar-refractivity contribution in [2.75, 3.05) is 11.9 Å². The van der Waals surface area contributed by atoms with E-state index in [-0.39, 0.29) is 0 Å². The Morgan fingerprint density at radius 1 is 1.22 bits per heavy atom. The molecule has 1 aromatic heterocycles. The molecule has 0 spiro atoms. The van der Waals surface area contributed by atoms with E-state index in [1.807, 2.05) is 12.1 Å². The van der Waals surface area contributed by atoms with Gasteiger partial charge in [0.2, 0.25) is 5.89 Å². The van der Waals surface area contributed by atoms with Crippen LogP contribution in [0, 0.1) is 18.3 Å². The Morgan fingerprint density at radius 2 is 2.00 bits per heavy atom. The van der Waals surface area contributed by atoms with Crippen LogP contribution in [0.4, 0.5) is 5.69 Å². The van der Waals surface area contributed by atoms with E-state index < -0.39 is 0 Å². The van der Waals surface area contributed by atoms with Crippen molar-refractivity contribution in [1.29, 1.82) is 5.26 Å². The lowest BCUT2D eigenvalue weighted by molar-refractivity contribution is 0.456. The summed E-state index contributed by atoms with van der Waals surface area (Å²) in [5.74, 6) is 1.69. The van der Waals surface area contributed by atoms with Crippen LogP contribution in [-0.4, -0.2) is 18.1 Å². The first-order valence-electron chi connectivity index (χ1n) is 9.03. The number of aryl methyl sites for hydroxylation is 2. The Hall–Kier alpha value is -2.77. The van der Waals surface area contributed by atoms with E-state index in [0.717, 1.165) is 42.0 Å². The van der Waals surface area contributed by atoms with Crippen LogP contribution in [0.3, 0.4) is 0 Å². The van der Waals surface area contributed by atoms with Gasteiger partial charge in [0.15, 0.2) is 0 Å². The van der Waals surface area contributed by atoms with Crippen molar-refractivity contribution in [3.05, 3.63) is 70.1 Å². The van der Waals surface area contributed by atoms with Crippen LogP contribution in [0.25, 0.3) is 11.5 Å². The third kappa shape index (κ3) is 3.43. The lowest BCUT2D eigenvalue weighted by Crippen LogP contribution is -2.36. The number of hydrogen-bond acceptors (Lipinski definition) is 4. The fraction of sp³-hybridized carbons (Fsp3) is 0.273. The highest BCUT2D eigenvalue weighted by Crippen LogP contribution is 2.32. The zero-order valence-corrected chi connectivity index (χ0v) is 16.1. The fourth-order valence-corrected chi connectivity index (χ4v) is 3.75. The molecule has 1 heterocycles. The standard InChI is InChI=1S/C22H20ClN3O/c1-14-3-5-15(6-4-14)22-25-20-12-18(9-10-21(20)27-22)26(2)17-8-7-16(13-24)19(23)11-17/h3-8,11,18H,9-10,12H2,1-2H3/t18-/m1/s1. The van der Waals surface area contributed by atoms with Crippen LogP contribution in [-0.2, 0) is 12.8 Å². The lowest BCUT2D eigenvalue weighted by atomic mass is 9.95. The zero-order valence-electron chi connectivity index (χ0n) is 15.4. The molecular weight excluding hydrogens is 358 g/mol. The summed E-state index contributed by atoms with van der Waals surface area (Å²) in [6, 6.07) is 16.2. The van der Waals surface area contributed by atoms with Crippen molar-refractivity contribution in [3.8, 4) is 17.5 Å². The summed E-state index contributed by atoms with van der Waals surface area (Å²) in [5.41, 5.74) is 4.78. The molecule has 0 saturated carbocycles. The first-order valence-corrected chi connectivity index (χ1v) is 9.41. The van der Waals surface area contributed by atoms with E-state index in [1.165, 1.54) is 5.56 Å². The molecule has 1 aliphatic rings. The molecule has 1 aliphatic carbocycles. The molecule has 4 rings (SSSR count). The number of rotatable bonds is 3. The van der Waals surface area contributed by atoms with Gasteiger partial charge in [-0.3, -0.25) is 0 Å². The maximum atomic E-state index is 9.05. The molecule has 4 nitrogen and oxygen atoms in total. The molecule has 0 amide bonds. The van der Waals surface area contributed by atoms with Crippen molar-refractivity contribution in [2.45, 2.75) is 32.2 Å². The van der Waals surface area contributed by atoms with Gasteiger partial charge < -0.3 is 9.32 Å². The molecule has 0 bridgehead atoms. The molecule has 27 heavy (non-hydrogen) atoms. The van der Waals surface area contributed by atoms with Gasteiger partial charge in [-0.15, -0.1) is 0 Å². The molecule has 2 aromatic carbocycles. The van der Waals surface area contributed by atoms with E-state index >= 15 is 0 Å². The molecule has 0 saturated heterocycles. The minimum atomic E-state index is 0.317. The Kier molecular flexibility index (Phi) is 4.63. The minimum Gasteiger partial charge on any atom is -0.441 e. The van der Waals surface area contributed by atoms with Gasteiger partial charge in [0.1, 0.15) is 11.8 Å². The number of halogens is 1. The van der Waals surface area contributed by atoms with Crippen LogP contribution in [0.5, 0.6) is 0 Å². The molecule has 1 atom stereocenters. The van der Waals surface area contributed by atoms with Crippen molar-refractivity contribution in [1.82, 2.24) is 4.98 Å². The Labute approximate surface area is 164 Å². The van der Waals surface area contributed by atoms with Gasteiger partial charge in [-0.25, -0.2) is 4.98 Å². The summed E-state index contributed by atoms with van der Waals surface area (Å²) in [6.45, 7) is 2.07. The Morgan fingerprint density at radius 3 is 2.70 bits per heavy atom. The van der Waals surface area contributed by atoms with E-state index in [2.05, 4.69) is 49.2 Å². The number of nitriles is 1. The molecule has 0 aliphatic heterocycles. The number of hydrogen-bond donors (Lipinski definition) is 0. The SMILES string of the molecule is Cc1ccc(-c2nc3c(o2)CC[C@@H](N(C)c2ccc(C#N)c(Cl)c2)C3)cc1. The van der Waals surface area contributed by atoms with Crippen LogP contribution in [0.15, 0.2) is 46.9 Å². The molecule has 5 heteroatoms. The number of fused-ring (bicyclic) bond motifs is 1. The van der Waals surface area contributed by atoms with Gasteiger partial charge in [0.25, 0.3) is 0 Å². The highest BCUT2D eigenvalue weighted by molar-refractivity contribution is 6.32. The Balaban J connectivity index is 1.55. The van der Waals surface area contributed by atoms with Gasteiger partial charge in [-0.05, 0) is 43.7 Å². The van der Waals surface area contributed by atoms with Crippen molar-refractivity contribution in [3.63, 3.8) is 0 Å². The largest absolute Gasteiger partial charge is 0.441 e. The van der Waals surface area contributed by atoms with Crippen LogP contribution >= 0.6 is 11.6 Å². The van der Waals surface area contributed by atoms with Gasteiger partial charge in [-0.1, -0.05) is 29.3 Å². The second-order valence-electron chi connectivity index (χ2n) is 7.04. The number of anilines is 1. The number of benzene rings is 2.